The van der Waals surface area contributed by atoms with E-state index >= 15 is 0 Å². The lowest BCUT2D eigenvalue weighted by atomic mass is 9.99. The van der Waals surface area contributed by atoms with E-state index in [0.717, 1.165) is 6.42 Å². The van der Waals surface area contributed by atoms with E-state index in [1.54, 1.807) is 12.1 Å². The third kappa shape index (κ3) is 5.39. The maximum atomic E-state index is 11.9. The number of methoxy groups -OCH3 is 1. The van der Waals surface area contributed by atoms with Gasteiger partial charge in [0.05, 0.1) is 12.1 Å². The molecule has 0 spiro atoms. The molecule has 0 fully saturated rings. The Morgan fingerprint density at radius 3 is 2.59 bits per heavy atom. The number of carbonyl (C=O) groups excluding carboxylic acids is 2. The SMILES string of the molecule is CC[C@H](C)[C@H](NC(=O)COc1cc(Cl)ccc1Cl)C(=O)OC. The lowest BCUT2D eigenvalue weighted by molar-refractivity contribution is -0.146. The van der Waals surface area contributed by atoms with Crippen LogP contribution in [0.5, 0.6) is 5.75 Å². The van der Waals surface area contributed by atoms with Crippen molar-refractivity contribution in [1.82, 2.24) is 5.32 Å². The minimum atomic E-state index is -0.707. The molecule has 0 aromatic heterocycles. The van der Waals surface area contributed by atoms with Crippen LogP contribution in [0.15, 0.2) is 18.2 Å². The zero-order valence-corrected chi connectivity index (χ0v) is 14.2. The Balaban J connectivity index is 2.64. The monoisotopic (exact) mass is 347 g/mol. The minimum absolute atomic E-state index is 0.0499. The van der Waals surface area contributed by atoms with Crippen molar-refractivity contribution in [2.24, 2.45) is 5.92 Å². The molecular formula is C15H19Cl2NO4. The Kier molecular flexibility index (Phi) is 7.48. The average Bonchev–Trinajstić information content (AvgIpc) is 2.51. The topological polar surface area (TPSA) is 64.6 Å². The standard InChI is InChI=1S/C15H19Cl2NO4/c1-4-9(2)14(15(20)21-3)18-13(19)8-22-12-7-10(16)5-6-11(12)17/h5-7,9,14H,4,8H2,1-3H3,(H,18,19)/t9-,14-/m0/s1. The fourth-order valence-corrected chi connectivity index (χ4v) is 2.08. The molecule has 0 radical (unpaired) electrons. The van der Waals surface area contributed by atoms with Gasteiger partial charge >= 0.3 is 5.97 Å². The number of ether oxygens (including phenoxy) is 2. The van der Waals surface area contributed by atoms with Gasteiger partial charge in [0.25, 0.3) is 5.91 Å². The van der Waals surface area contributed by atoms with Crippen molar-refractivity contribution >= 4 is 35.1 Å². The molecule has 0 aliphatic heterocycles. The van der Waals surface area contributed by atoms with Crippen molar-refractivity contribution in [3.63, 3.8) is 0 Å². The summed E-state index contributed by atoms with van der Waals surface area (Å²) in [4.78, 5) is 23.6. The van der Waals surface area contributed by atoms with Crippen molar-refractivity contribution in [2.45, 2.75) is 26.3 Å². The van der Waals surface area contributed by atoms with Crippen LogP contribution in [0.3, 0.4) is 0 Å². The molecule has 0 aliphatic carbocycles. The number of carbonyl (C=O) groups is 2. The van der Waals surface area contributed by atoms with Crippen LogP contribution in [0.25, 0.3) is 0 Å². The third-order valence-corrected chi connectivity index (χ3v) is 3.78. The normalized spacial score (nSPS) is 13.1. The second kappa shape index (κ2) is 8.86. The van der Waals surface area contributed by atoms with Gasteiger partial charge in [0.15, 0.2) is 6.61 Å². The lowest BCUT2D eigenvalue weighted by Crippen LogP contribution is -2.47. The van der Waals surface area contributed by atoms with Crippen LogP contribution in [0.4, 0.5) is 0 Å². The molecule has 1 aromatic rings. The summed E-state index contributed by atoms with van der Waals surface area (Å²) in [7, 11) is 1.28. The molecule has 0 aliphatic rings. The number of benzene rings is 1. The first-order valence-electron chi connectivity index (χ1n) is 6.84. The van der Waals surface area contributed by atoms with Crippen molar-refractivity contribution in [2.75, 3.05) is 13.7 Å². The Morgan fingerprint density at radius 2 is 2.00 bits per heavy atom. The molecular weight excluding hydrogens is 329 g/mol. The molecule has 0 unspecified atom stereocenters. The quantitative estimate of drug-likeness (QED) is 0.769. The summed E-state index contributed by atoms with van der Waals surface area (Å²) in [6, 6.07) is 4.01. The van der Waals surface area contributed by atoms with Crippen LogP contribution in [-0.4, -0.2) is 31.6 Å². The van der Waals surface area contributed by atoms with Gasteiger partial charge in [0.1, 0.15) is 11.8 Å². The van der Waals surface area contributed by atoms with Crippen LogP contribution in [0, 0.1) is 5.92 Å². The zero-order chi connectivity index (χ0) is 16.7. The highest BCUT2D eigenvalue weighted by molar-refractivity contribution is 6.34. The number of esters is 1. The molecule has 122 valence electrons. The Bertz CT molecular complexity index is 536. The number of nitrogens with one attached hydrogen (secondary N) is 1. The van der Waals surface area contributed by atoms with Crippen molar-refractivity contribution in [1.29, 1.82) is 0 Å². The van der Waals surface area contributed by atoms with E-state index in [2.05, 4.69) is 5.32 Å². The fraction of sp³-hybridized carbons (Fsp3) is 0.467. The largest absolute Gasteiger partial charge is 0.482 e. The Morgan fingerprint density at radius 1 is 1.32 bits per heavy atom. The van der Waals surface area contributed by atoms with Gasteiger partial charge in [-0.05, 0) is 18.1 Å². The molecule has 7 heteroatoms. The molecule has 1 rings (SSSR count). The van der Waals surface area contributed by atoms with E-state index in [1.807, 2.05) is 13.8 Å². The van der Waals surface area contributed by atoms with Gasteiger partial charge in [0, 0.05) is 11.1 Å². The van der Waals surface area contributed by atoms with Gasteiger partial charge in [-0.25, -0.2) is 4.79 Å². The minimum Gasteiger partial charge on any atom is -0.482 e. The van der Waals surface area contributed by atoms with E-state index in [0.29, 0.717) is 15.8 Å². The summed E-state index contributed by atoms with van der Waals surface area (Å²) in [6.07, 6.45) is 0.723. The summed E-state index contributed by atoms with van der Waals surface area (Å²) in [6.45, 7) is 3.51. The summed E-state index contributed by atoms with van der Waals surface area (Å²) >= 11 is 11.8. The molecule has 1 aromatic carbocycles. The summed E-state index contributed by atoms with van der Waals surface area (Å²) < 4.78 is 10.0. The van der Waals surface area contributed by atoms with Crippen molar-refractivity contribution in [3.05, 3.63) is 28.2 Å². The number of amides is 1. The van der Waals surface area contributed by atoms with E-state index in [4.69, 9.17) is 32.7 Å². The predicted octanol–water partition coefficient (Wildman–Crippen LogP) is 3.08. The first kappa shape index (κ1) is 18.6. The van der Waals surface area contributed by atoms with Crippen LogP contribution >= 0.6 is 23.2 Å². The smallest absolute Gasteiger partial charge is 0.328 e. The number of hydrogen-bond donors (Lipinski definition) is 1. The average molecular weight is 348 g/mol. The molecule has 5 nitrogen and oxygen atoms in total. The van der Waals surface area contributed by atoms with Gasteiger partial charge in [-0.2, -0.15) is 0 Å². The number of hydrogen-bond acceptors (Lipinski definition) is 4. The van der Waals surface area contributed by atoms with Gasteiger partial charge in [0.2, 0.25) is 0 Å². The summed E-state index contributed by atoms with van der Waals surface area (Å²) in [5, 5.41) is 3.41. The molecule has 22 heavy (non-hydrogen) atoms. The molecule has 2 atom stereocenters. The molecule has 0 heterocycles. The lowest BCUT2D eigenvalue weighted by Gasteiger charge is -2.21. The molecule has 0 bridgehead atoms. The van der Waals surface area contributed by atoms with Gasteiger partial charge in [-0.1, -0.05) is 43.5 Å². The number of halogens is 2. The fourth-order valence-electron chi connectivity index (χ4n) is 1.74. The molecule has 0 saturated heterocycles. The van der Waals surface area contributed by atoms with E-state index < -0.39 is 17.9 Å². The second-order valence-electron chi connectivity index (χ2n) is 4.82. The van der Waals surface area contributed by atoms with Gasteiger partial charge < -0.3 is 14.8 Å². The van der Waals surface area contributed by atoms with Crippen molar-refractivity contribution in [3.8, 4) is 5.75 Å². The highest BCUT2D eigenvalue weighted by atomic mass is 35.5. The Hall–Kier alpha value is -1.46. The predicted molar refractivity (Wildman–Crippen MR) is 85.4 cm³/mol. The number of rotatable bonds is 7. The maximum absolute atomic E-state index is 11.9. The van der Waals surface area contributed by atoms with E-state index in [-0.39, 0.29) is 12.5 Å². The van der Waals surface area contributed by atoms with Crippen molar-refractivity contribution < 1.29 is 19.1 Å². The summed E-state index contributed by atoms with van der Waals surface area (Å²) in [5.41, 5.74) is 0. The molecule has 1 N–H and O–H groups in total. The highest BCUT2D eigenvalue weighted by Crippen LogP contribution is 2.27. The second-order valence-corrected chi connectivity index (χ2v) is 5.66. The van der Waals surface area contributed by atoms with Crippen LogP contribution in [-0.2, 0) is 14.3 Å². The van der Waals surface area contributed by atoms with Crippen LogP contribution in [0.1, 0.15) is 20.3 Å². The molecule has 0 saturated carbocycles. The summed E-state index contributed by atoms with van der Waals surface area (Å²) in [5.74, 6) is -0.663. The van der Waals surface area contributed by atoms with Gasteiger partial charge in [-0.15, -0.1) is 0 Å². The first-order valence-corrected chi connectivity index (χ1v) is 7.59. The van der Waals surface area contributed by atoms with Crippen LogP contribution in [0.2, 0.25) is 10.0 Å². The maximum Gasteiger partial charge on any atom is 0.328 e. The Labute approximate surface area is 139 Å². The third-order valence-electron chi connectivity index (χ3n) is 3.24. The van der Waals surface area contributed by atoms with Gasteiger partial charge in [-0.3, -0.25) is 4.79 Å². The van der Waals surface area contributed by atoms with E-state index in [1.165, 1.54) is 13.2 Å². The first-order chi connectivity index (χ1) is 10.4. The van der Waals surface area contributed by atoms with Crippen LogP contribution < -0.4 is 10.1 Å². The van der Waals surface area contributed by atoms with E-state index in [9.17, 15) is 9.59 Å². The molecule has 1 amide bonds. The zero-order valence-electron chi connectivity index (χ0n) is 12.7. The highest BCUT2D eigenvalue weighted by Gasteiger charge is 2.26.